The molecule has 0 saturated heterocycles. The fraction of sp³-hybridized carbons (Fsp3) is 0.423. The van der Waals surface area contributed by atoms with Crippen molar-refractivity contribution >= 4 is 17.7 Å². The van der Waals surface area contributed by atoms with Gasteiger partial charge in [-0.05, 0) is 44.0 Å². The monoisotopic (exact) mass is 454 g/mol. The number of carbonyl (C=O) groups is 3. The molecule has 2 aromatic carbocycles. The van der Waals surface area contributed by atoms with E-state index < -0.39 is 41.1 Å². The summed E-state index contributed by atoms with van der Waals surface area (Å²) in [6, 6.07) is 16.6. The zero-order valence-electron chi connectivity index (χ0n) is 19.2. The van der Waals surface area contributed by atoms with Crippen LogP contribution in [0.5, 0.6) is 5.75 Å². The van der Waals surface area contributed by atoms with Crippen LogP contribution in [-0.4, -0.2) is 41.6 Å². The quantitative estimate of drug-likeness (QED) is 0.482. The molecule has 7 nitrogen and oxygen atoms in total. The Labute approximate surface area is 193 Å². The second kappa shape index (κ2) is 10.6. The maximum Gasteiger partial charge on any atom is 0.317 e. The van der Waals surface area contributed by atoms with Crippen molar-refractivity contribution in [1.29, 1.82) is 0 Å². The molecular weight excluding hydrogens is 424 g/mol. The third-order valence-electron chi connectivity index (χ3n) is 5.86. The van der Waals surface area contributed by atoms with E-state index in [0.29, 0.717) is 17.9 Å². The lowest BCUT2D eigenvalue weighted by Gasteiger charge is -2.43. The van der Waals surface area contributed by atoms with Crippen LogP contribution in [-0.2, 0) is 30.5 Å². The third kappa shape index (κ3) is 5.60. The lowest BCUT2D eigenvalue weighted by atomic mass is 9.61. The van der Waals surface area contributed by atoms with Gasteiger partial charge in [0.2, 0.25) is 0 Å². The molecule has 1 aliphatic carbocycles. The van der Waals surface area contributed by atoms with Gasteiger partial charge in [-0.3, -0.25) is 14.4 Å². The first-order valence-corrected chi connectivity index (χ1v) is 11.1. The van der Waals surface area contributed by atoms with Crippen molar-refractivity contribution in [2.24, 2.45) is 11.8 Å². The van der Waals surface area contributed by atoms with Crippen LogP contribution in [0.1, 0.15) is 44.2 Å². The summed E-state index contributed by atoms with van der Waals surface area (Å²) in [6.07, 6.45) is -0.339. The van der Waals surface area contributed by atoms with Crippen molar-refractivity contribution in [3.8, 4) is 5.75 Å². The van der Waals surface area contributed by atoms with Crippen LogP contribution in [0.25, 0.3) is 0 Å². The van der Waals surface area contributed by atoms with Gasteiger partial charge in [-0.1, -0.05) is 42.5 Å². The van der Waals surface area contributed by atoms with E-state index in [2.05, 4.69) is 0 Å². The molecule has 7 heteroatoms. The van der Waals surface area contributed by atoms with Gasteiger partial charge >= 0.3 is 11.9 Å². The van der Waals surface area contributed by atoms with Crippen molar-refractivity contribution in [1.82, 2.24) is 0 Å². The van der Waals surface area contributed by atoms with Crippen LogP contribution in [0, 0.1) is 11.8 Å². The average Bonchev–Trinajstić information content (AvgIpc) is 2.78. The first-order valence-electron chi connectivity index (χ1n) is 11.1. The van der Waals surface area contributed by atoms with E-state index in [0.717, 1.165) is 5.56 Å². The molecule has 33 heavy (non-hydrogen) atoms. The van der Waals surface area contributed by atoms with Gasteiger partial charge in [0.1, 0.15) is 18.3 Å². The number of carbonyl (C=O) groups excluding carboxylic acids is 3. The highest BCUT2D eigenvalue weighted by atomic mass is 16.5. The van der Waals surface area contributed by atoms with Crippen LogP contribution in [0.3, 0.4) is 0 Å². The summed E-state index contributed by atoms with van der Waals surface area (Å²) in [6.45, 7) is 5.34. The molecule has 1 N–H and O–H groups in total. The largest absolute Gasteiger partial charge is 0.489 e. The van der Waals surface area contributed by atoms with Gasteiger partial charge in [0.05, 0.1) is 24.7 Å². The highest BCUT2D eigenvalue weighted by Gasteiger charge is 2.57. The molecule has 4 atom stereocenters. The van der Waals surface area contributed by atoms with Crippen molar-refractivity contribution in [2.75, 3.05) is 13.2 Å². The summed E-state index contributed by atoms with van der Waals surface area (Å²) in [7, 11) is 0. The second-order valence-electron chi connectivity index (χ2n) is 8.33. The number of benzene rings is 2. The molecule has 0 radical (unpaired) electrons. The van der Waals surface area contributed by atoms with E-state index in [9.17, 15) is 19.5 Å². The summed E-state index contributed by atoms with van der Waals surface area (Å²) in [5.74, 6) is -4.48. The average molecular weight is 455 g/mol. The molecule has 0 amide bonds. The van der Waals surface area contributed by atoms with Crippen molar-refractivity contribution < 1.29 is 33.7 Å². The number of rotatable bonds is 8. The fourth-order valence-electron chi connectivity index (χ4n) is 4.41. The Kier molecular flexibility index (Phi) is 7.87. The predicted octanol–water partition coefficient (Wildman–Crippen LogP) is 3.43. The molecule has 0 aliphatic heterocycles. The van der Waals surface area contributed by atoms with Gasteiger partial charge in [0, 0.05) is 12.3 Å². The number of aliphatic hydroxyl groups is 1. The molecule has 1 saturated carbocycles. The molecule has 2 aromatic rings. The van der Waals surface area contributed by atoms with Crippen LogP contribution in [0.15, 0.2) is 54.6 Å². The predicted molar refractivity (Wildman–Crippen MR) is 120 cm³/mol. The van der Waals surface area contributed by atoms with Crippen LogP contribution in [0.2, 0.25) is 0 Å². The van der Waals surface area contributed by atoms with Gasteiger partial charge < -0.3 is 19.3 Å². The molecule has 1 aliphatic rings. The number of hydrogen-bond acceptors (Lipinski definition) is 7. The van der Waals surface area contributed by atoms with E-state index in [4.69, 9.17) is 14.2 Å². The Balaban J connectivity index is 1.94. The highest BCUT2D eigenvalue weighted by molar-refractivity contribution is 6.02. The second-order valence-corrected chi connectivity index (χ2v) is 8.33. The first-order chi connectivity index (χ1) is 15.8. The number of Topliss-reactive ketones (excluding diaryl/α,β-unsaturated/α-hetero) is 1. The Morgan fingerprint density at radius 1 is 0.970 bits per heavy atom. The molecule has 0 bridgehead atoms. The summed E-state index contributed by atoms with van der Waals surface area (Å²) in [5, 5.41) is 11.0. The van der Waals surface area contributed by atoms with E-state index in [1.165, 1.54) is 6.92 Å². The number of esters is 2. The molecule has 0 heterocycles. The third-order valence-corrected chi connectivity index (χ3v) is 5.86. The first kappa shape index (κ1) is 24.5. The Morgan fingerprint density at radius 3 is 2.18 bits per heavy atom. The van der Waals surface area contributed by atoms with E-state index >= 15 is 0 Å². The zero-order valence-corrected chi connectivity index (χ0v) is 19.2. The lowest BCUT2D eigenvalue weighted by molar-refractivity contribution is -0.172. The standard InChI is InChI=1S/C26H30O7/c1-4-31-24(28)22-20(27)15-26(3,30)23(25(29)32-5-2)21(22)18-11-13-19(14-12-18)33-16-17-9-7-6-8-10-17/h6-14,21-23,30H,4-5,15-16H2,1-3H3/t21-,22+,23-,26-/m0/s1. The van der Waals surface area contributed by atoms with Crippen molar-refractivity contribution in [2.45, 2.75) is 45.3 Å². The maximum absolute atomic E-state index is 12.9. The minimum Gasteiger partial charge on any atom is -0.489 e. The topological polar surface area (TPSA) is 99.1 Å². The Morgan fingerprint density at radius 2 is 1.58 bits per heavy atom. The summed E-state index contributed by atoms with van der Waals surface area (Å²) >= 11 is 0. The minimum atomic E-state index is -1.67. The highest BCUT2D eigenvalue weighted by Crippen LogP contribution is 2.47. The van der Waals surface area contributed by atoms with E-state index in [1.807, 2.05) is 30.3 Å². The van der Waals surface area contributed by atoms with E-state index in [1.54, 1.807) is 38.1 Å². The Bertz CT molecular complexity index is 966. The molecule has 1 fully saturated rings. The minimum absolute atomic E-state index is 0.0993. The number of ketones is 1. The molecule has 0 unspecified atom stereocenters. The Hall–Kier alpha value is -3.19. The summed E-state index contributed by atoms with van der Waals surface area (Å²) in [5.41, 5.74) is -0.105. The zero-order chi connectivity index (χ0) is 24.0. The normalized spacial score (nSPS) is 24.7. The smallest absolute Gasteiger partial charge is 0.317 e. The van der Waals surface area contributed by atoms with Gasteiger partial charge in [-0.25, -0.2) is 0 Å². The van der Waals surface area contributed by atoms with Crippen LogP contribution < -0.4 is 4.74 Å². The molecular formula is C26H30O7. The summed E-state index contributed by atoms with van der Waals surface area (Å²) < 4.78 is 16.2. The van der Waals surface area contributed by atoms with Crippen molar-refractivity contribution in [3.63, 3.8) is 0 Å². The molecule has 176 valence electrons. The van der Waals surface area contributed by atoms with Gasteiger partial charge in [0.25, 0.3) is 0 Å². The molecule has 0 aromatic heterocycles. The van der Waals surface area contributed by atoms with Gasteiger partial charge in [-0.2, -0.15) is 0 Å². The molecule has 0 spiro atoms. The summed E-state index contributed by atoms with van der Waals surface area (Å²) in [4.78, 5) is 38.6. The van der Waals surface area contributed by atoms with Gasteiger partial charge in [0.15, 0.2) is 5.78 Å². The van der Waals surface area contributed by atoms with E-state index in [-0.39, 0.29) is 19.6 Å². The maximum atomic E-state index is 12.9. The lowest BCUT2D eigenvalue weighted by Crippen LogP contribution is -2.55. The number of ether oxygens (including phenoxy) is 3. The fourth-order valence-corrected chi connectivity index (χ4v) is 4.41. The van der Waals surface area contributed by atoms with Crippen LogP contribution >= 0.6 is 0 Å². The molecule has 3 rings (SSSR count). The number of hydrogen-bond donors (Lipinski definition) is 1. The van der Waals surface area contributed by atoms with Crippen molar-refractivity contribution in [3.05, 3.63) is 65.7 Å². The van der Waals surface area contributed by atoms with Gasteiger partial charge in [-0.15, -0.1) is 0 Å². The SMILES string of the molecule is CCOC(=O)[C@@H]1C(=O)C[C@](C)(O)[C@H](C(=O)OCC)[C@H]1c1ccc(OCc2ccccc2)cc1. The van der Waals surface area contributed by atoms with Crippen LogP contribution in [0.4, 0.5) is 0 Å².